The molecule has 5 heteroatoms. The molecule has 1 saturated heterocycles. The number of hydrogen-bond donors (Lipinski definition) is 2. The highest BCUT2D eigenvalue weighted by atomic mass is 79.9. The van der Waals surface area contributed by atoms with Gasteiger partial charge in [0.25, 0.3) is 5.91 Å². The molecule has 2 N–H and O–H groups in total. The Morgan fingerprint density at radius 2 is 1.86 bits per heavy atom. The van der Waals surface area contributed by atoms with Gasteiger partial charge in [-0.15, -0.1) is 0 Å². The minimum atomic E-state index is -0.206. The molecule has 1 fully saturated rings. The summed E-state index contributed by atoms with van der Waals surface area (Å²) in [4.78, 5) is 14.5. The first-order valence-corrected chi connectivity index (χ1v) is 7.94. The summed E-state index contributed by atoms with van der Waals surface area (Å²) in [6, 6.07) is 12.0. The predicted molar refractivity (Wildman–Crippen MR) is 86.9 cm³/mol. The molecule has 4 nitrogen and oxygen atoms in total. The fraction of sp³-hybridized carbons (Fsp3) is 0.235. The minimum Gasteiger partial charge on any atom is -0.508 e. The molecule has 0 bridgehead atoms. The van der Waals surface area contributed by atoms with Crippen LogP contribution >= 0.6 is 15.9 Å². The zero-order chi connectivity index (χ0) is 15.7. The molecule has 2 aromatic rings. The molecular formula is C17H16BrNO3. The summed E-state index contributed by atoms with van der Waals surface area (Å²) < 4.78 is 1.00. The molecule has 1 atom stereocenters. The van der Waals surface area contributed by atoms with Crippen molar-refractivity contribution >= 4 is 21.8 Å². The Labute approximate surface area is 137 Å². The molecule has 1 amide bonds. The van der Waals surface area contributed by atoms with Crippen LogP contribution in [0.25, 0.3) is 0 Å². The molecule has 0 saturated carbocycles. The van der Waals surface area contributed by atoms with Crippen LogP contribution in [-0.4, -0.2) is 27.6 Å². The van der Waals surface area contributed by atoms with Crippen molar-refractivity contribution in [2.75, 3.05) is 6.54 Å². The minimum absolute atomic E-state index is 0.0220. The number of benzene rings is 2. The van der Waals surface area contributed by atoms with Crippen molar-refractivity contribution in [1.29, 1.82) is 0 Å². The normalized spacial score (nSPS) is 17.7. The van der Waals surface area contributed by atoms with Crippen LogP contribution in [0.1, 0.15) is 34.8 Å². The van der Waals surface area contributed by atoms with Crippen LogP contribution in [-0.2, 0) is 0 Å². The van der Waals surface area contributed by atoms with Gasteiger partial charge in [0, 0.05) is 17.1 Å². The van der Waals surface area contributed by atoms with Crippen molar-refractivity contribution in [1.82, 2.24) is 4.90 Å². The number of phenols is 2. The molecule has 3 rings (SSSR count). The first kappa shape index (κ1) is 14.9. The van der Waals surface area contributed by atoms with Crippen LogP contribution in [0.3, 0.4) is 0 Å². The third kappa shape index (κ3) is 2.81. The summed E-state index contributed by atoms with van der Waals surface area (Å²) in [5, 5.41) is 19.3. The number of hydrogen-bond acceptors (Lipinski definition) is 3. The third-order valence-corrected chi connectivity index (χ3v) is 4.51. The van der Waals surface area contributed by atoms with E-state index >= 15 is 0 Å². The van der Waals surface area contributed by atoms with E-state index in [1.165, 1.54) is 18.2 Å². The van der Waals surface area contributed by atoms with E-state index in [0.29, 0.717) is 6.54 Å². The molecule has 0 aliphatic carbocycles. The highest BCUT2D eigenvalue weighted by Crippen LogP contribution is 2.35. The van der Waals surface area contributed by atoms with E-state index in [4.69, 9.17) is 0 Å². The molecule has 1 aliphatic heterocycles. The molecule has 0 radical (unpaired) electrons. The summed E-state index contributed by atoms with van der Waals surface area (Å²) in [5.41, 5.74) is 1.31. The lowest BCUT2D eigenvalue weighted by molar-refractivity contribution is 0.0732. The van der Waals surface area contributed by atoms with Gasteiger partial charge < -0.3 is 15.1 Å². The lowest BCUT2D eigenvalue weighted by Crippen LogP contribution is -2.30. The number of amides is 1. The standard InChI is InChI=1S/C17H16BrNO3/c18-12-5-3-11(4-6-12)15-2-1-9-19(15)17(22)14-8-7-13(20)10-16(14)21/h3-8,10,15,20-21H,1-2,9H2/t15-/m0/s1. The van der Waals surface area contributed by atoms with Gasteiger partial charge in [-0.2, -0.15) is 0 Å². The molecule has 1 aliphatic rings. The number of aromatic hydroxyl groups is 2. The summed E-state index contributed by atoms with van der Waals surface area (Å²) in [5.74, 6) is -0.450. The molecule has 22 heavy (non-hydrogen) atoms. The Morgan fingerprint density at radius 1 is 1.14 bits per heavy atom. The van der Waals surface area contributed by atoms with Crippen LogP contribution < -0.4 is 0 Å². The lowest BCUT2D eigenvalue weighted by atomic mass is 10.0. The van der Waals surface area contributed by atoms with E-state index in [-0.39, 0.29) is 29.0 Å². The zero-order valence-corrected chi connectivity index (χ0v) is 13.5. The maximum Gasteiger partial charge on any atom is 0.258 e. The quantitative estimate of drug-likeness (QED) is 0.854. The number of carbonyl (C=O) groups is 1. The van der Waals surface area contributed by atoms with Crippen molar-refractivity contribution in [3.05, 3.63) is 58.1 Å². The van der Waals surface area contributed by atoms with Crippen molar-refractivity contribution in [2.45, 2.75) is 18.9 Å². The van der Waals surface area contributed by atoms with Crippen molar-refractivity contribution < 1.29 is 15.0 Å². The van der Waals surface area contributed by atoms with E-state index in [0.717, 1.165) is 22.9 Å². The number of phenolic OH excluding ortho intramolecular Hbond substituents is 2. The van der Waals surface area contributed by atoms with Crippen LogP contribution in [0.5, 0.6) is 11.5 Å². The monoisotopic (exact) mass is 361 g/mol. The highest BCUT2D eigenvalue weighted by Gasteiger charge is 2.31. The Kier molecular flexibility index (Phi) is 4.07. The Hall–Kier alpha value is -2.01. The van der Waals surface area contributed by atoms with Gasteiger partial charge in [0.1, 0.15) is 11.5 Å². The van der Waals surface area contributed by atoms with E-state index < -0.39 is 0 Å². The summed E-state index contributed by atoms with van der Waals surface area (Å²) >= 11 is 3.41. The Bertz CT molecular complexity index is 700. The van der Waals surface area contributed by atoms with Gasteiger partial charge >= 0.3 is 0 Å². The van der Waals surface area contributed by atoms with Crippen molar-refractivity contribution in [3.8, 4) is 11.5 Å². The van der Waals surface area contributed by atoms with Gasteiger partial charge in [0.2, 0.25) is 0 Å². The van der Waals surface area contributed by atoms with Crippen molar-refractivity contribution in [2.24, 2.45) is 0 Å². The van der Waals surface area contributed by atoms with Crippen LogP contribution in [0, 0.1) is 0 Å². The molecule has 0 spiro atoms. The Morgan fingerprint density at radius 3 is 2.55 bits per heavy atom. The first-order chi connectivity index (χ1) is 10.6. The van der Waals surface area contributed by atoms with E-state index in [1.807, 2.05) is 24.3 Å². The second kappa shape index (κ2) is 6.01. The molecule has 0 aromatic heterocycles. The van der Waals surface area contributed by atoms with Gasteiger partial charge in [0.05, 0.1) is 11.6 Å². The first-order valence-electron chi connectivity index (χ1n) is 7.14. The van der Waals surface area contributed by atoms with Gasteiger partial charge in [0.15, 0.2) is 0 Å². The summed E-state index contributed by atoms with van der Waals surface area (Å²) in [6.45, 7) is 0.667. The van der Waals surface area contributed by atoms with Crippen LogP contribution in [0.2, 0.25) is 0 Å². The molecule has 114 valence electrons. The summed E-state index contributed by atoms with van der Waals surface area (Å²) in [6.07, 6.45) is 1.84. The predicted octanol–water partition coefficient (Wildman–Crippen LogP) is 3.84. The maximum atomic E-state index is 12.7. The average Bonchev–Trinajstić information content (AvgIpc) is 2.97. The fourth-order valence-corrected chi connectivity index (χ4v) is 3.16. The SMILES string of the molecule is O=C(c1ccc(O)cc1O)N1CCC[C@H]1c1ccc(Br)cc1. The molecule has 1 heterocycles. The fourth-order valence-electron chi connectivity index (χ4n) is 2.90. The Balaban J connectivity index is 1.89. The van der Waals surface area contributed by atoms with Gasteiger partial charge in [-0.05, 0) is 42.7 Å². The largest absolute Gasteiger partial charge is 0.508 e. The lowest BCUT2D eigenvalue weighted by Gasteiger charge is -2.25. The number of likely N-dealkylation sites (tertiary alicyclic amines) is 1. The molecular weight excluding hydrogens is 346 g/mol. The van der Waals surface area contributed by atoms with Crippen molar-refractivity contribution in [3.63, 3.8) is 0 Å². The van der Waals surface area contributed by atoms with Gasteiger partial charge in [-0.3, -0.25) is 4.79 Å². The zero-order valence-electron chi connectivity index (χ0n) is 11.9. The van der Waals surface area contributed by atoms with E-state index in [9.17, 15) is 15.0 Å². The van der Waals surface area contributed by atoms with Crippen LogP contribution in [0.4, 0.5) is 0 Å². The second-order valence-corrected chi connectivity index (χ2v) is 6.33. The van der Waals surface area contributed by atoms with E-state index in [2.05, 4.69) is 15.9 Å². The number of halogens is 1. The molecule has 0 unspecified atom stereocenters. The second-order valence-electron chi connectivity index (χ2n) is 5.41. The third-order valence-electron chi connectivity index (χ3n) is 3.98. The average molecular weight is 362 g/mol. The topological polar surface area (TPSA) is 60.8 Å². The summed E-state index contributed by atoms with van der Waals surface area (Å²) in [7, 11) is 0. The van der Waals surface area contributed by atoms with Crippen LogP contribution in [0.15, 0.2) is 46.9 Å². The number of rotatable bonds is 2. The molecule has 2 aromatic carbocycles. The number of nitrogens with zero attached hydrogens (tertiary/aromatic N) is 1. The van der Waals surface area contributed by atoms with Gasteiger partial charge in [-0.25, -0.2) is 0 Å². The maximum absolute atomic E-state index is 12.7. The van der Waals surface area contributed by atoms with E-state index in [1.54, 1.807) is 4.90 Å². The highest BCUT2D eigenvalue weighted by molar-refractivity contribution is 9.10. The number of carbonyl (C=O) groups excluding carboxylic acids is 1. The smallest absolute Gasteiger partial charge is 0.258 e. The van der Waals surface area contributed by atoms with Gasteiger partial charge in [-0.1, -0.05) is 28.1 Å².